The fraction of sp³-hybridized carbons (Fsp3) is 0.476. The van der Waals surface area contributed by atoms with Crippen molar-refractivity contribution in [3.63, 3.8) is 0 Å². The third-order valence-corrected chi connectivity index (χ3v) is 5.35. The van der Waals surface area contributed by atoms with Gasteiger partial charge < -0.3 is 23.7 Å². The minimum atomic E-state index is -0.897. The van der Waals surface area contributed by atoms with Crippen LogP contribution in [0.3, 0.4) is 0 Å². The van der Waals surface area contributed by atoms with E-state index in [1.807, 2.05) is 6.07 Å². The van der Waals surface area contributed by atoms with Gasteiger partial charge in [-0.1, -0.05) is 12.1 Å². The Bertz CT molecular complexity index is 1020. The highest BCUT2D eigenvalue weighted by atomic mass is 16.6. The molecule has 10 nitrogen and oxygen atoms in total. The van der Waals surface area contributed by atoms with Crippen LogP contribution in [0.2, 0.25) is 0 Å². The van der Waals surface area contributed by atoms with Crippen molar-refractivity contribution in [3.05, 3.63) is 30.4 Å². The average molecular weight is 428 g/mol. The number of amides is 1. The van der Waals surface area contributed by atoms with Crippen LogP contribution in [0.15, 0.2) is 33.5 Å². The van der Waals surface area contributed by atoms with E-state index < -0.39 is 12.1 Å². The van der Waals surface area contributed by atoms with Gasteiger partial charge in [0.25, 0.3) is 5.89 Å². The fourth-order valence-corrected chi connectivity index (χ4v) is 3.67. The molecule has 164 valence electrons. The first kappa shape index (κ1) is 20.8. The molecule has 1 saturated heterocycles. The van der Waals surface area contributed by atoms with Crippen molar-refractivity contribution >= 4 is 23.0 Å². The van der Waals surface area contributed by atoms with Crippen LogP contribution < -0.4 is 0 Å². The number of aliphatic carboxylic acids is 1. The SMILES string of the molecule is CC(COC(=O)N1CCC(Cc2noc(-c3cc4cnccc4o3)n2)CC1)CC(=O)O. The lowest BCUT2D eigenvalue weighted by Gasteiger charge is -2.31. The maximum absolute atomic E-state index is 12.2. The summed E-state index contributed by atoms with van der Waals surface area (Å²) in [7, 11) is 0. The molecule has 4 heterocycles. The molecule has 1 fully saturated rings. The number of hydrogen-bond acceptors (Lipinski definition) is 8. The summed E-state index contributed by atoms with van der Waals surface area (Å²) in [4.78, 5) is 33.1. The van der Waals surface area contributed by atoms with Gasteiger partial charge in [0.15, 0.2) is 11.6 Å². The van der Waals surface area contributed by atoms with Gasteiger partial charge >= 0.3 is 12.1 Å². The number of ether oxygens (including phenoxy) is 1. The maximum Gasteiger partial charge on any atom is 0.409 e. The smallest absolute Gasteiger partial charge is 0.409 e. The largest absolute Gasteiger partial charge is 0.481 e. The predicted molar refractivity (Wildman–Crippen MR) is 108 cm³/mol. The highest BCUT2D eigenvalue weighted by Crippen LogP contribution is 2.27. The standard InChI is InChI=1S/C21H24N4O6/c1-13(8-19(26)27)12-29-21(28)25-6-3-14(4-7-25)9-18-23-20(31-24-18)17-10-15-11-22-5-2-16(15)30-17/h2,5,10-11,13-14H,3-4,6-9,12H2,1H3,(H,26,27). The summed E-state index contributed by atoms with van der Waals surface area (Å²) in [6.45, 7) is 3.01. The molecule has 31 heavy (non-hydrogen) atoms. The quantitative estimate of drug-likeness (QED) is 0.601. The number of aromatic nitrogens is 3. The summed E-state index contributed by atoms with van der Waals surface area (Å²) in [6, 6.07) is 3.60. The van der Waals surface area contributed by atoms with Gasteiger partial charge in [-0.25, -0.2) is 4.79 Å². The van der Waals surface area contributed by atoms with Gasteiger partial charge in [-0.15, -0.1) is 0 Å². The van der Waals surface area contributed by atoms with E-state index in [0.29, 0.717) is 48.5 Å². The number of pyridine rings is 1. The highest BCUT2D eigenvalue weighted by molar-refractivity contribution is 5.80. The highest BCUT2D eigenvalue weighted by Gasteiger charge is 2.26. The van der Waals surface area contributed by atoms with E-state index in [4.69, 9.17) is 18.8 Å². The number of furan rings is 1. The van der Waals surface area contributed by atoms with Gasteiger partial charge in [0.2, 0.25) is 0 Å². The molecular weight excluding hydrogens is 404 g/mol. The number of carbonyl (C=O) groups excluding carboxylic acids is 1. The minimum Gasteiger partial charge on any atom is -0.481 e. The fourth-order valence-electron chi connectivity index (χ4n) is 3.67. The van der Waals surface area contributed by atoms with Gasteiger partial charge in [0.05, 0.1) is 13.0 Å². The second kappa shape index (κ2) is 9.15. The van der Waals surface area contributed by atoms with E-state index in [2.05, 4.69) is 15.1 Å². The lowest BCUT2D eigenvalue weighted by atomic mass is 9.93. The lowest BCUT2D eigenvalue weighted by molar-refractivity contribution is -0.138. The number of nitrogens with zero attached hydrogens (tertiary/aromatic N) is 4. The molecule has 4 rings (SSSR count). The van der Waals surface area contributed by atoms with Crippen molar-refractivity contribution in [2.24, 2.45) is 11.8 Å². The summed E-state index contributed by atoms with van der Waals surface area (Å²) in [5.74, 6) is 0.678. The van der Waals surface area contributed by atoms with E-state index in [0.717, 1.165) is 18.2 Å². The summed E-state index contributed by atoms with van der Waals surface area (Å²) >= 11 is 0. The van der Waals surface area contributed by atoms with Crippen LogP contribution >= 0.6 is 0 Å². The van der Waals surface area contributed by atoms with Crippen molar-refractivity contribution in [2.45, 2.75) is 32.6 Å². The van der Waals surface area contributed by atoms with E-state index >= 15 is 0 Å². The Labute approximate surface area is 178 Å². The first-order valence-corrected chi connectivity index (χ1v) is 10.3. The van der Waals surface area contributed by atoms with Crippen molar-refractivity contribution in [2.75, 3.05) is 19.7 Å². The molecule has 1 amide bonds. The van der Waals surface area contributed by atoms with E-state index in [9.17, 15) is 9.59 Å². The molecule has 0 aromatic carbocycles. The molecule has 0 saturated carbocycles. The Balaban J connectivity index is 1.26. The first-order chi connectivity index (χ1) is 15.0. The van der Waals surface area contributed by atoms with Gasteiger partial charge in [0.1, 0.15) is 5.58 Å². The third kappa shape index (κ3) is 5.19. The zero-order valence-electron chi connectivity index (χ0n) is 17.2. The van der Waals surface area contributed by atoms with Crippen LogP contribution in [0, 0.1) is 11.8 Å². The van der Waals surface area contributed by atoms with Crippen LogP contribution in [-0.4, -0.2) is 56.9 Å². The van der Waals surface area contributed by atoms with Crippen LogP contribution in [0.25, 0.3) is 22.6 Å². The zero-order chi connectivity index (χ0) is 21.8. The molecule has 0 spiro atoms. The van der Waals surface area contributed by atoms with Crippen molar-refractivity contribution in [3.8, 4) is 11.7 Å². The Kier molecular flexibility index (Phi) is 6.15. The Morgan fingerprint density at radius 1 is 1.35 bits per heavy atom. The van der Waals surface area contributed by atoms with Gasteiger partial charge in [-0.05, 0) is 30.9 Å². The molecular formula is C21H24N4O6. The number of rotatable bonds is 7. The number of fused-ring (bicyclic) bond motifs is 1. The summed E-state index contributed by atoms with van der Waals surface area (Å²) < 4.78 is 16.3. The van der Waals surface area contributed by atoms with Crippen LogP contribution in [0.1, 0.15) is 32.0 Å². The number of carboxylic acids is 1. The van der Waals surface area contributed by atoms with E-state index in [1.54, 1.807) is 30.3 Å². The topological polar surface area (TPSA) is 132 Å². The Morgan fingerprint density at radius 3 is 2.90 bits per heavy atom. The molecule has 1 aliphatic rings. The molecule has 10 heteroatoms. The van der Waals surface area contributed by atoms with Crippen LogP contribution in [0.4, 0.5) is 4.79 Å². The minimum absolute atomic E-state index is 0.0209. The summed E-state index contributed by atoms with van der Waals surface area (Å²) in [5.41, 5.74) is 0.710. The summed E-state index contributed by atoms with van der Waals surface area (Å²) in [6.07, 6.45) is 5.23. The van der Waals surface area contributed by atoms with Crippen LogP contribution in [-0.2, 0) is 16.0 Å². The average Bonchev–Trinajstić information content (AvgIpc) is 3.39. The number of likely N-dealkylation sites (tertiary alicyclic amines) is 1. The number of piperidine rings is 1. The summed E-state index contributed by atoms with van der Waals surface area (Å²) in [5, 5.41) is 13.7. The number of hydrogen-bond donors (Lipinski definition) is 1. The number of carboxylic acid groups (broad SMARTS) is 1. The molecule has 1 unspecified atom stereocenters. The van der Waals surface area contributed by atoms with Crippen molar-refractivity contribution in [1.82, 2.24) is 20.0 Å². The second-order valence-corrected chi connectivity index (χ2v) is 7.95. The van der Waals surface area contributed by atoms with E-state index in [1.165, 1.54) is 0 Å². The molecule has 1 atom stereocenters. The van der Waals surface area contributed by atoms with Gasteiger partial charge in [-0.3, -0.25) is 9.78 Å². The molecule has 1 N–H and O–H groups in total. The number of carbonyl (C=O) groups is 2. The Morgan fingerprint density at radius 2 is 2.16 bits per heavy atom. The molecule has 1 aliphatic heterocycles. The van der Waals surface area contributed by atoms with Crippen molar-refractivity contribution in [1.29, 1.82) is 0 Å². The van der Waals surface area contributed by atoms with E-state index in [-0.39, 0.29) is 18.9 Å². The Hall–Kier alpha value is -3.43. The monoisotopic (exact) mass is 428 g/mol. The third-order valence-electron chi connectivity index (χ3n) is 5.35. The normalized spacial score (nSPS) is 15.8. The molecule has 0 radical (unpaired) electrons. The van der Waals surface area contributed by atoms with Crippen LogP contribution in [0.5, 0.6) is 0 Å². The van der Waals surface area contributed by atoms with Crippen molar-refractivity contribution < 1.29 is 28.4 Å². The maximum atomic E-state index is 12.2. The molecule has 3 aromatic heterocycles. The van der Waals surface area contributed by atoms with Gasteiger partial charge in [0, 0.05) is 43.2 Å². The molecule has 0 aliphatic carbocycles. The lowest BCUT2D eigenvalue weighted by Crippen LogP contribution is -2.39. The molecule has 0 bridgehead atoms. The first-order valence-electron chi connectivity index (χ1n) is 10.3. The second-order valence-electron chi connectivity index (χ2n) is 7.95. The molecule has 3 aromatic rings. The zero-order valence-corrected chi connectivity index (χ0v) is 17.2. The van der Waals surface area contributed by atoms with Gasteiger partial charge in [-0.2, -0.15) is 4.98 Å². The predicted octanol–water partition coefficient (Wildman–Crippen LogP) is 3.38.